The molecule has 1 unspecified atom stereocenters. The molecule has 0 aromatic heterocycles. The Kier molecular flexibility index (Phi) is 8.15. The zero-order valence-corrected chi connectivity index (χ0v) is 18.1. The molecule has 2 N–H and O–H groups in total. The van der Waals surface area contributed by atoms with Gasteiger partial charge in [0, 0.05) is 55.8 Å². The summed E-state index contributed by atoms with van der Waals surface area (Å²) in [5, 5.41) is 7.90. The van der Waals surface area contributed by atoms with Crippen LogP contribution in [0.3, 0.4) is 0 Å². The first-order valence-corrected chi connectivity index (χ1v) is 9.78. The molecule has 2 rings (SSSR count). The first-order chi connectivity index (χ1) is 13.3. The fraction of sp³-hybridized carbons (Fsp3) is 0.333. The van der Waals surface area contributed by atoms with Gasteiger partial charge in [-0.05, 0) is 35.4 Å². The molecule has 1 atom stereocenters. The number of nitrogens with one attached hydrogen (secondary N) is 2. The highest BCUT2D eigenvalue weighted by molar-refractivity contribution is 6.36. The van der Waals surface area contributed by atoms with Crippen LogP contribution in [0.4, 0.5) is 0 Å². The average molecular weight is 421 g/mol. The molecule has 0 fully saturated rings. The Labute approximate surface area is 176 Å². The third-order valence-corrected chi connectivity index (χ3v) is 5.02. The summed E-state index contributed by atoms with van der Waals surface area (Å²) in [5.41, 5.74) is 2.65. The molecule has 0 aliphatic heterocycles. The highest BCUT2D eigenvalue weighted by Crippen LogP contribution is 2.30. The smallest absolute Gasteiger partial charge is 0.253 e. The molecule has 0 radical (unpaired) electrons. The summed E-state index contributed by atoms with van der Waals surface area (Å²) in [6.07, 6.45) is 0. The van der Waals surface area contributed by atoms with Crippen molar-refractivity contribution in [2.75, 3.05) is 27.7 Å². The normalized spacial score (nSPS) is 12.4. The van der Waals surface area contributed by atoms with E-state index in [0.29, 0.717) is 34.7 Å². The Morgan fingerprint density at radius 2 is 1.68 bits per heavy atom. The molecule has 1 amide bonds. The van der Waals surface area contributed by atoms with Gasteiger partial charge in [0.15, 0.2) is 5.96 Å². The molecule has 0 saturated heterocycles. The largest absolute Gasteiger partial charge is 0.356 e. The van der Waals surface area contributed by atoms with E-state index in [4.69, 9.17) is 23.2 Å². The molecule has 2 aromatic carbocycles. The van der Waals surface area contributed by atoms with Gasteiger partial charge < -0.3 is 15.5 Å². The van der Waals surface area contributed by atoms with Crippen molar-refractivity contribution in [2.24, 2.45) is 4.99 Å². The first-order valence-electron chi connectivity index (χ1n) is 9.02. The van der Waals surface area contributed by atoms with E-state index >= 15 is 0 Å². The van der Waals surface area contributed by atoms with Crippen molar-refractivity contribution in [3.63, 3.8) is 0 Å². The van der Waals surface area contributed by atoms with Gasteiger partial charge >= 0.3 is 0 Å². The number of halogens is 2. The second-order valence-electron chi connectivity index (χ2n) is 6.74. The summed E-state index contributed by atoms with van der Waals surface area (Å²) in [4.78, 5) is 17.8. The lowest BCUT2D eigenvalue weighted by molar-refractivity contribution is 0.0827. The van der Waals surface area contributed by atoms with E-state index in [0.717, 1.165) is 11.1 Å². The maximum absolute atomic E-state index is 11.9. The van der Waals surface area contributed by atoms with E-state index in [1.165, 1.54) is 0 Å². The number of rotatable bonds is 6. The SMILES string of the molecule is CN=C(NCc1ccc(C(=O)N(C)C)cc1)NCC(C)c1c(Cl)cccc1Cl. The molecule has 0 bridgehead atoms. The Bertz CT molecular complexity index is 815. The van der Waals surface area contributed by atoms with Gasteiger partial charge in [-0.1, -0.05) is 48.3 Å². The van der Waals surface area contributed by atoms with Crippen molar-refractivity contribution in [3.05, 3.63) is 69.2 Å². The molecule has 0 aliphatic carbocycles. The first kappa shape index (κ1) is 22.1. The van der Waals surface area contributed by atoms with Crippen molar-refractivity contribution in [1.82, 2.24) is 15.5 Å². The van der Waals surface area contributed by atoms with Gasteiger partial charge in [-0.2, -0.15) is 0 Å². The molecule has 7 heteroatoms. The maximum Gasteiger partial charge on any atom is 0.253 e. The van der Waals surface area contributed by atoms with Crippen molar-refractivity contribution in [1.29, 1.82) is 0 Å². The summed E-state index contributed by atoms with van der Waals surface area (Å²) in [7, 11) is 5.20. The van der Waals surface area contributed by atoms with Gasteiger partial charge in [-0.15, -0.1) is 0 Å². The summed E-state index contributed by atoms with van der Waals surface area (Å²) in [6, 6.07) is 13.1. The molecular weight excluding hydrogens is 395 g/mol. The Hall–Kier alpha value is -2.24. The number of guanidine groups is 1. The zero-order valence-electron chi connectivity index (χ0n) is 16.6. The Morgan fingerprint density at radius 3 is 2.21 bits per heavy atom. The maximum atomic E-state index is 11.9. The van der Waals surface area contributed by atoms with Crippen molar-refractivity contribution >= 4 is 35.1 Å². The average Bonchev–Trinajstić information content (AvgIpc) is 2.67. The molecule has 2 aromatic rings. The number of aliphatic imine (C=N–C) groups is 1. The summed E-state index contributed by atoms with van der Waals surface area (Å²) >= 11 is 12.6. The Balaban J connectivity index is 1.90. The van der Waals surface area contributed by atoms with Crippen molar-refractivity contribution < 1.29 is 4.79 Å². The number of nitrogens with zero attached hydrogens (tertiary/aromatic N) is 2. The van der Waals surface area contributed by atoms with E-state index in [9.17, 15) is 4.79 Å². The molecule has 0 heterocycles. The molecule has 0 spiro atoms. The van der Waals surface area contributed by atoms with Crippen LogP contribution in [0, 0.1) is 0 Å². The van der Waals surface area contributed by atoms with Gasteiger partial charge in [-0.3, -0.25) is 9.79 Å². The highest BCUT2D eigenvalue weighted by atomic mass is 35.5. The van der Waals surface area contributed by atoms with E-state index < -0.39 is 0 Å². The number of hydrogen-bond acceptors (Lipinski definition) is 2. The van der Waals surface area contributed by atoms with Gasteiger partial charge in [0.25, 0.3) is 5.91 Å². The minimum Gasteiger partial charge on any atom is -0.356 e. The van der Waals surface area contributed by atoms with E-state index in [1.807, 2.05) is 42.5 Å². The van der Waals surface area contributed by atoms with Crippen molar-refractivity contribution in [3.8, 4) is 0 Å². The van der Waals surface area contributed by atoms with Crippen LogP contribution in [0.15, 0.2) is 47.5 Å². The second-order valence-corrected chi connectivity index (χ2v) is 7.55. The number of carbonyl (C=O) groups excluding carboxylic acids is 1. The lowest BCUT2D eigenvalue weighted by Crippen LogP contribution is -2.38. The van der Waals surface area contributed by atoms with Crippen LogP contribution in [0.25, 0.3) is 0 Å². The van der Waals surface area contributed by atoms with Crippen LogP contribution >= 0.6 is 23.2 Å². The van der Waals surface area contributed by atoms with Crippen LogP contribution in [-0.2, 0) is 6.54 Å². The van der Waals surface area contributed by atoms with E-state index in [2.05, 4.69) is 22.5 Å². The van der Waals surface area contributed by atoms with Gasteiger partial charge in [0.1, 0.15) is 0 Å². The topological polar surface area (TPSA) is 56.7 Å². The predicted octanol–water partition coefficient (Wildman–Crippen LogP) is 4.16. The van der Waals surface area contributed by atoms with Crippen LogP contribution in [0.2, 0.25) is 10.0 Å². The predicted molar refractivity (Wildman–Crippen MR) is 118 cm³/mol. The minimum absolute atomic E-state index is 0.00999. The molecule has 5 nitrogen and oxygen atoms in total. The summed E-state index contributed by atoms with van der Waals surface area (Å²) in [6.45, 7) is 3.30. The standard InChI is InChI=1S/C21H26Cl2N4O/c1-14(19-17(22)6-5-7-18(19)23)12-25-21(24-2)26-13-15-8-10-16(11-9-15)20(28)27(3)4/h5-11,14H,12-13H2,1-4H3,(H2,24,25,26). The molecule has 150 valence electrons. The van der Waals surface area contributed by atoms with Crippen LogP contribution < -0.4 is 10.6 Å². The zero-order chi connectivity index (χ0) is 20.7. The van der Waals surface area contributed by atoms with E-state index in [-0.39, 0.29) is 11.8 Å². The molecule has 28 heavy (non-hydrogen) atoms. The van der Waals surface area contributed by atoms with Crippen molar-refractivity contribution in [2.45, 2.75) is 19.4 Å². The summed E-state index contributed by atoms with van der Waals surface area (Å²) < 4.78 is 0. The highest BCUT2D eigenvalue weighted by Gasteiger charge is 2.14. The minimum atomic E-state index is -0.00999. The van der Waals surface area contributed by atoms with Crippen LogP contribution in [0.5, 0.6) is 0 Å². The third kappa shape index (κ3) is 5.88. The van der Waals surface area contributed by atoms with Crippen LogP contribution in [-0.4, -0.2) is 44.5 Å². The third-order valence-electron chi connectivity index (χ3n) is 4.36. The fourth-order valence-electron chi connectivity index (χ4n) is 2.76. The van der Waals surface area contributed by atoms with Gasteiger partial charge in [0.2, 0.25) is 0 Å². The molecule has 0 aliphatic rings. The fourth-order valence-corrected chi connectivity index (χ4v) is 3.53. The molecule has 0 saturated carbocycles. The van der Waals surface area contributed by atoms with Gasteiger partial charge in [-0.25, -0.2) is 0 Å². The number of hydrogen-bond donors (Lipinski definition) is 2. The Morgan fingerprint density at radius 1 is 1.07 bits per heavy atom. The number of carbonyl (C=O) groups is 1. The lowest BCUT2D eigenvalue weighted by Gasteiger charge is -2.18. The summed E-state index contributed by atoms with van der Waals surface area (Å²) in [5.74, 6) is 0.795. The number of amides is 1. The van der Waals surface area contributed by atoms with Crippen LogP contribution in [0.1, 0.15) is 34.3 Å². The van der Waals surface area contributed by atoms with Gasteiger partial charge in [0.05, 0.1) is 0 Å². The quantitative estimate of drug-likeness (QED) is 0.544. The van der Waals surface area contributed by atoms with E-state index in [1.54, 1.807) is 26.0 Å². The molecular formula is C21H26Cl2N4O. The monoisotopic (exact) mass is 420 g/mol. The number of benzene rings is 2. The second kappa shape index (κ2) is 10.3. The lowest BCUT2D eigenvalue weighted by atomic mass is 10.0.